The Morgan fingerprint density at radius 1 is 1.00 bits per heavy atom. The predicted molar refractivity (Wildman–Crippen MR) is 83.4 cm³/mol. The van der Waals surface area contributed by atoms with E-state index in [2.05, 4.69) is 44.2 Å². The van der Waals surface area contributed by atoms with Gasteiger partial charge in [0.25, 0.3) is 0 Å². The molecule has 0 N–H and O–H groups in total. The SMILES string of the molecule is CCCCCCCCC(C)C1=Cc2ccccc2[N]1. The van der Waals surface area contributed by atoms with Gasteiger partial charge in [-0.2, -0.15) is 0 Å². The molecule has 1 radical (unpaired) electrons. The molecule has 0 fully saturated rings. The van der Waals surface area contributed by atoms with E-state index in [-0.39, 0.29) is 0 Å². The highest BCUT2D eigenvalue weighted by Gasteiger charge is 2.17. The normalized spacial score (nSPS) is 14.7. The molecule has 1 aromatic rings. The van der Waals surface area contributed by atoms with Crippen molar-refractivity contribution in [2.75, 3.05) is 0 Å². The van der Waals surface area contributed by atoms with Crippen LogP contribution in [0.25, 0.3) is 6.08 Å². The number of hydrogen-bond donors (Lipinski definition) is 0. The summed E-state index contributed by atoms with van der Waals surface area (Å²) >= 11 is 0. The summed E-state index contributed by atoms with van der Waals surface area (Å²) in [5, 5.41) is 4.74. The first-order chi connectivity index (χ1) is 9.31. The average Bonchev–Trinajstić information content (AvgIpc) is 2.86. The van der Waals surface area contributed by atoms with Crippen LogP contribution in [0.15, 0.2) is 30.0 Å². The Morgan fingerprint density at radius 3 is 2.53 bits per heavy atom. The maximum atomic E-state index is 4.74. The van der Waals surface area contributed by atoms with Crippen molar-refractivity contribution in [3.8, 4) is 0 Å². The van der Waals surface area contributed by atoms with Crippen LogP contribution in [0.3, 0.4) is 0 Å². The molecule has 1 atom stereocenters. The van der Waals surface area contributed by atoms with Gasteiger partial charge >= 0.3 is 0 Å². The number of rotatable bonds is 8. The van der Waals surface area contributed by atoms with E-state index in [1.165, 1.54) is 56.2 Å². The monoisotopic (exact) mass is 256 g/mol. The van der Waals surface area contributed by atoms with E-state index in [0.717, 1.165) is 5.69 Å². The van der Waals surface area contributed by atoms with E-state index in [1.807, 2.05) is 0 Å². The van der Waals surface area contributed by atoms with E-state index in [9.17, 15) is 0 Å². The van der Waals surface area contributed by atoms with Crippen molar-refractivity contribution in [1.82, 2.24) is 5.32 Å². The molecule has 0 aliphatic carbocycles. The van der Waals surface area contributed by atoms with Crippen molar-refractivity contribution >= 4 is 11.8 Å². The van der Waals surface area contributed by atoms with Gasteiger partial charge in [-0.1, -0.05) is 70.6 Å². The van der Waals surface area contributed by atoms with Crippen LogP contribution >= 0.6 is 0 Å². The Hall–Kier alpha value is -1.24. The highest BCUT2D eigenvalue weighted by atomic mass is 14.9. The maximum Gasteiger partial charge on any atom is 0.0706 e. The zero-order valence-electron chi connectivity index (χ0n) is 12.4. The van der Waals surface area contributed by atoms with Crippen molar-refractivity contribution < 1.29 is 0 Å². The van der Waals surface area contributed by atoms with Gasteiger partial charge in [0.1, 0.15) is 0 Å². The standard InChI is InChI=1S/C18H26N/c1-3-4-5-6-7-8-11-15(2)18-14-16-12-9-10-13-17(16)19-18/h9-10,12-15H,3-8,11H2,1-2H3. The average molecular weight is 256 g/mol. The van der Waals surface area contributed by atoms with Gasteiger partial charge in [0.15, 0.2) is 0 Å². The lowest BCUT2D eigenvalue weighted by atomic mass is 9.99. The Kier molecular flexibility index (Phi) is 5.50. The van der Waals surface area contributed by atoms with Crippen LogP contribution in [0.5, 0.6) is 0 Å². The number of nitrogens with zero attached hydrogens (tertiary/aromatic N) is 1. The lowest BCUT2D eigenvalue weighted by Crippen LogP contribution is -2.04. The minimum Gasteiger partial charge on any atom is -0.253 e. The molecule has 1 aliphatic rings. The lowest BCUT2D eigenvalue weighted by molar-refractivity contribution is 0.520. The second-order valence-corrected chi connectivity index (χ2v) is 5.70. The molecule has 1 aliphatic heterocycles. The van der Waals surface area contributed by atoms with Crippen LogP contribution in [0, 0.1) is 5.92 Å². The first kappa shape index (κ1) is 14.2. The van der Waals surface area contributed by atoms with Crippen LogP contribution in [0.1, 0.15) is 64.4 Å². The van der Waals surface area contributed by atoms with E-state index < -0.39 is 0 Å². The zero-order valence-corrected chi connectivity index (χ0v) is 12.4. The second kappa shape index (κ2) is 7.37. The third kappa shape index (κ3) is 4.12. The molecule has 1 aromatic carbocycles. The molecule has 19 heavy (non-hydrogen) atoms. The molecular weight excluding hydrogens is 230 g/mol. The largest absolute Gasteiger partial charge is 0.253 e. The van der Waals surface area contributed by atoms with Crippen LogP contribution in [0.4, 0.5) is 5.69 Å². The molecule has 0 spiro atoms. The van der Waals surface area contributed by atoms with Gasteiger partial charge < -0.3 is 0 Å². The quantitative estimate of drug-likeness (QED) is 0.532. The third-order valence-electron chi connectivity index (χ3n) is 3.99. The van der Waals surface area contributed by atoms with Crippen molar-refractivity contribution in [3.05, 3.63) is 35.5 Å². The summed E-state index contributed by atoms with van der Waals surface area (Å²) in [7, 11) is 0. The molecule has 2 rings (SSSR count). The summed E-state index contributed by atoms with van der Waals surface area (Å²) < 4.78 is 0. The highest BCUT2D eigenvalue weighted by molar-refractivity contribution is 5.71. The van der Waals surface area contributed by atoms with E-state index in [4.69, 9.17) is 5.32 Å². The zero-order chi connectivity index (χ0) is 13.5. The summed E-state index contributed by atoms with van der Waals surface area (Å²) in [4.78, 5) is 0. The summed E-state index contributed by atoms with van der Waals surface area (Å²) in [5.41, 5.74) is 3.70. The van der Waals surface area contributed by atoms with Crippen LogP contribution < -0.4 is 5.32 Å². The van der Waals surface area contributed by atoms with Gasteiger partial charge in [-0.3, -0.25) is 5.32 Å². The van der Waals surface area contributed by atoms with Gasteiger partial charge in [0, 0.05) is 11.3 Å². The number of para-hydroxylation sites is 1. The van der Waals surface area contributed by atoms with E-state index in [0.29, 0.717) is 5.92 Å². The fourth-order valence-corrected chi connectivity index (χ4v) is 2.67. The van der Waals surface area contributed by atoms with Gasteiger partial charge in [-0.15, -0.1) is 0 Å². The fraction of sp³-hybridized carbons (Fsp3) is 0.556. The van der Waals surface area contributed by atoms with E-state index in [1.54, 1.807) is 0 Å². The van der Waals surface area contributed by atoms with Crippen LogP contribution in [-0.4, -0.2) is 0 Å². The molecular formula is C18H26N. The Bertz CT molecular complexity index is 419. The van der Waals surface area contributed by atoms with Gasteiger partial charge in [0.2, 0.25) is 0 Å². The van der Waals surface area contributed by atoms with Crippen LogP contribution in [-0.2, 0) is 0 Å². The minimum atomic E-state index is 0.596. The Morgan fingerprint density at radius 2 is 1.74 bits per heavy atom. The van der Waals surface area contributed by atoms with Crippen molar-refractivity contribution in [2.24, 2.45) is 5.92 Å². The predicted octanol–water partition coefficient (Wildman–Crippen LogP) is 5.66. The summed E-state index contributed by atoms with van der Waals surface area (Å²) in [6.07, 6.45) is 11.8. The molecule has 0 bridgehead atoms. The summed E-state index contributed by atoms with van der Waals surface area (Å²) in [6, 6.07) is 8.42. The first-order valence-corrected chi connectivity index (χ1v) is 7.83. The second-order valence-electron chi connectivity index (χ2n) is 5.70. The van der Waals surface area contributed by atoms with Crippen molar-refractivity contribution in [3.63, 3.8) is 0 Å². The molecule has 1 nitrogen and oxygen atoms in total. The van der Waals surface area contributed by atoms with Crippen molar-refractivity contribution in [2.45, 2.75) is 58.8 Å². The Labute approximate surface area is 118 Å². The Balaban J connectivity index is 1.69. The van der Waals surface area contributed by atoms with Crippen LogP contribution in [0.2, 0.25) is 0 Å². The lowest BCUT2D eigenvalue weighted by Gasteiger charge is -2.12. The van der Waals surface area contributed by atoms with Gasteiger partial charge in [-0.25, -0.2) is 0 Å². The highest BCUT2D eigenvalue weighted by Crippen LogP contribution is 2.32. The molecule has 0 amide bonds. The third-order valence-corrected chi connectivity index (χ3v) is 3.99. The number of fused-ring (bicyclic) bond motifs is 1. The molecule has 103 valence electrons. The number of allylic oxidation sites excluding steroid dienone is 1. The van der Waals surface area contributed by atoms with Crippen molar-refractivity contribution in [1.29, 1.82) is 0 Å². The van der Waals surface area contributed by atoms with Gasteiger partial charge in [-0.05, 0) is 24.5 Å². The summed E-state index contributed by atoms with van der Waals surface area (Å²) in [5.74, 6) is 0.596. The topological polar surface area (TPSA) is 14.1 Å². The fourth-order valence-electron chi connectivity index (χ4n) is 2.67. The number of unbranched alkanes of at least 4 members (excludes halogenated alkanes) is 5. The molecule has 0 aromatic heterocycles. The molecule has 0 saturated carbocycles. The molecule has 1 unspecified atom stereocenters. The molecule has 1 heteroatoms. The number of benzene rings is 1. The number of hydrogen-bond acceptors (Lipinski definition) is 0. The van der Waals surface area contributed by atoms with E-state index >= 15 is 0 Å². The maximum absolute atomic E-state index is 4.74. The smallest absolute Gasteiger partial charge is 0.0706 e. The molecule has 0 saturated heterocycles. The van der Waals surface area contributed by atoms with Gasteiger partial charge in [0.05, 0.1) is 5.69 Å². The minimum absolute atomic E-state index is 0.596. The first-order valence-electron chi connectivity index (χ1n) is 7.83. The molecule has 1 heterocycles. The summed E-state index contributed by atoms with van der Waals surface area (Å²) in [6.45, 7) is 4.58.